The number of carbonyl (C=O) groups excluding carboxylic acids is 2. The predicted molar refractivity (Wildman–Crippen MR) is 124 cm³/mol. The second-order valence-corrected chi connectivity index (χ2v) is 9.01. The Kier molecular flexibility index (Phi) is 6.94. The Morgan fingerprint density at radius 1 is 1.09 bits per heavy atom. The highest BCUT2D eigenvalue weighted by atomic mass is 19.1. The molecule has 1 heterocycles. The van der Waals surface area contributed by atoms with Crippen LogP contribution in [-0.4, -0.2) is 41.0 Å². The van der Waals surface area contributed by atoms with Crippen molar-refractivity contribution in [2.24, 2.45) is 0 Å². The van der Waals surface area contributed by atoms with Gasteiger partial charge in [0.05, 0.1) is 17.7 Å². The van der Waals surface area contributed by atoms with Gasteiger partial charge in [-0.25, -0.2) is 4.39 Å². The minimum atomic E-state index is -0.777. The average molecular weight is 452 g/mol. The first-order valence-corrected chi connectivity index (χ1v) is 11.6. The van der Waals surface area contributed by atoms with Crippen LogP contribution in [0.4, 0.5) is 4.39 Å². The Labute approximate surface area is 193 Å². The van der Waals surface area contributed by atoms with E-state index in [1.807, 2.05) is 32.0 Å². The average Bonchev–Trinajstić information content (AvgIpc) is 3.06. The second kappa shape index (κ2) is 9.87. The normalized spacial score (nSPS) is 19.9. The van der Waals surface area contributed by atoms with Gasteiger partial charge in [-0.3, -0.25) is 9.59 Å². The number of Topliss-reactive ketones (excluding diaryl/α,β-unsaturated/α-hetero) is 1. The number of benzene rings is 2. The lowest BCUT2D eigenvalue weighted by Crippen LogP contribution is -2.31. The first-order chi connectivity index (χ1) is 15.9. The van der Waals surface area contributed by atoms with E-state index in [0.29, 0.717) is 30.7 Å². The van der Waals surface area contributed by atoms with Crippen LogP contribution in [0.5, 0.6) is 0 Å². The molecular weight excluding hydrogens is 421 g/mol. The van der Waals surface area contributed by atoms with Gasteiger partial charge in [0.2, 0.25) is 0 Å². The van der Waals surface area contributed by atoms with Crippen LogP contribution in [-0.2, 0) is 27.2 Å². The molecule has 1 aliphatic carbocycles. The van der Waals surface area contributed by atoms with Crippen LogP contribution < -0.4 is 0 Å². The van der Waals surface area contributed by atoms with Crippen molar-refractivity contribution in [2.45, 2.75) is 58.1 Å². The Hall–Kier alpha value is -2.99. The summed E-state index contributed by atoms with van der Waals surface area (Å²) in [7, 11) is 0. The van der Waals surface area contributed by atoms with Gasteiger partial charge in [-0.2, -0.15) is 0 Å². The Bertz CT molecular complexity index is 1070. The monoisotopic (exact) mass is 451 g/mol. The fourth-order valence-corrected chi connectivity index (χ4v) is 4.69. The fraction of sp³-hybridized carbons (Fsp3) is 0.407. The maximum atomic E-state index is 13.6. The number of hydrogen-bond donors (Lipinski definition) is 1. The zero-order valence-electron chi connectivity index (χ0n) is 19.1. The van der Waals surface area contributed by atoms with Gasteiger partial charge in [-0.05, 0) is 80.8 Å². The van der Waals surface area contributed by atoms with Gasteiger partial charge in [-0.1, -0.05) is 24.3 Å². The summed E-state index contributed by atoms with van der Waals surface area (Å²) in [5.41, 5.74) is 3.60. The van der Waals surface area contributed by atoms with E-state index >= 15 is 0 Å². The standard InChI is InChI=1S/C27H30FNO4/c1-17(2)33-15-5-14-29-24(19-10-12-22(28)13-11-19)23(26(31)27(29)32)25(30)21-9-8-18-6-3-4-7-20(18)16-21/h8-13,16-17,24,30H,3-7,14-15H2,1-2H3/b25-23-. The number of likely N-dealkylation sites (tertiary alicyclic amines) is 1. The number of fused-ring (bicyclic) bond motifs is 1. The number of ether oxygens (including phenoxy) is 1. The summed E-state index contributed by atoms with van der Waals surface area (Å²) in [6.45, 7) is 4.61. The summed E-state index contributed by atoms with van der Waals surface area (Å²) >= 11 is 0. The van der Waals surface area contributed by atoms with Crippen LogP contribution in [0.15, 0.2) is 48.0 Å². The topological polar surface area (TPSA) is 66.8 Å². The first-order valence-electron chi connectivity index (χ1n) is 11.6. The number of aryl methyl sites for hydroxylation is 2. The second-order valence-electron chi connectivity index (χ2n) is 9.01. The van der Waals surface area contributed by atoms with E-state index in [9.17, 15) is 19.1 Å². The minimum absolute atomic E-state index is 0.0483. The van der Waals surface area contributed by atoms with Gasteiger partial charge in [-0.15, -0.1) is 0 Å². The molecule has 1 N–H and O–H groups in total. The third-order valence-electron chi connectivity index (χ3n) is 6.34. The molecule has 0 saturated carbocycles. The maximum absolute atomic E-state index is 13.6. The smallest absolute Gasteiger partial charge is 0.295 e. The lowest BCUT2D eigenvalue weighted by molar-refractivity contribution is -0.140. The predicted octanol–water partition coefficient (Wildman–Crippen LogP) is 4.94. The molecule has 2 aliphatic rings. The molecule has 1 amide bonds. The molecule has 0 bridgehead atoms. The highest BCUT2D eigenvalue weighted by molar-refractivity contribution is 6.46. The summed E-state index contributed by atoms with van der Waals surface area (Å²) in [5, 5.41) is 11.2. The molecule has 33 heavy (non-hydrogen) atoms. The molecule has 0 radical (unpaired) electrons. The molecule has 2 aromatic carbocycles. The number of rotatable bonds is 7. The zero-order valence-corrected chi connectivity index (χ0v) is 19.1. The lowest BCUT2D eigenvalue weighted by Gasteiger charge is -2.25. The van der Waals surface area contributed by atoms with Crippen molar-refractivity contribution >= 4 is 17.4 Å². The number of aliphatic hydroxyl groups excluding tert-OH is 1. The Balaban J connectivity index is 1.73. The van der Waals surface area contributed by atoms with E-state index in [1.165, 1.54) is 28.2 Å². The van der Waals surface area contributed by atoms with E-state index < -0.39 is 23.5 Å². The summed E-state index contributed by atoms with van der Waals surface area (Å²) in [5.74, 6) is -1.97. The number of aliphatic hydroxyl groups is 1. The SMILES string of the molecule is CC(C)OCCCN1C(=O)C(=O)/C(=C(\O)c2ccc3c(c2)CCCC3)C1c1ccc(F)cc1. The van der Waals surface area contributed by atoms with Crippen LogP contribution in [0.1, 0.15) is 61.4 Å². The van der Waals surface area contributed by atoms with E-state index in [0.717, 1.165) is 25.7 Å². The van der Waals surface area contributed by atoms with Gasteiger partial charge in [0, 0.05) is 18.7 Å². The number of nitrogens with zero attached hydrogens (tertiary/aromatic N) is 1. The van der Waals surface area contributed by atoms with Crippen molar-refractivity contribution in [3.63, 3.8) is 0 Å². The molecule has 4 rings (SSSR count). The van der Waals surface area contributed by atoms with Gasteiger partial charge in [0.15, 0.2) is 0 Å². The minimum Gasteiger partial charge on any atom is -0.507 e. The largest absolute Gasteiger partial charge is 0.507 e. The summed E-state index contributed by atoms with van der Waals surface area (Å²) in [4.78, 5) is 27.5. The summed E-state index contributed by atoms with van der Waals surface area (Å²) < 4.78 is 19.2. The van der Waals surface area contributed by atoms with Gasteiger partial charge >= 0.3 is 0 Å². The molecule has 174 valence electrons. The molecule has 1 atom stereocenters. The van der Waals surface area contributed by atoms with Crippen LogP contribution in [0, 0.1) is 5.82 Å². The van der Waals surface area contributed by atoms with Gasteiger partial charge in [0.25, 0.3) is 11.7 Å². The van der Waals surface area contributed by atoms with Crippen molar-refractivity contribution in [3.05, 3.63) is 76.1 Å². The van der Waals surface area contributed by atoms with E-state index in [1.54, 1.807) is 12.1 Å². The third kappa shape index (κ3) is 4.86. The highest BCUT2D eigenvalue weighted by Gasteiger charge is 2.45. The molecule has 0 aromatic heterocycles. The van der Waals surface area contributed by atoms with Crippen LogP contribution in [0.2, 0.25) is 0 Å². The molecule has 2 aromatic rings. The number of halogens is 1. The first kappa shape index (κ1) is 23.2. The van der Waals surface area contributed by atoms with E-state index in [-0.39, 0.29) is 17.4 Å². The van der Waals surface area contributed by atoms with E-state index in [4.69, 9.17) is 4.74 Å². The molecule has 1 saturated heterocycles. The quantitative estimate of drug-likeness (QED) is 0.280. The lowest BCUT2D eigenvalue weighted by atomic mass is 9.88. The van der Waals surface area contributed by atoms with Gasteiger partial charge < -0.3 is 14.7 Å². The van der Waals surface area contributed by atoms with Crippen LogP contribution in [0.25, 0.3) is 5.76 Å². The van der Waals surface area contributed by atoms with Crippen molar-refractivity contribution in [1.29, 1.82) is 0 Å². The molecule has 6 heteroatoms. The van der Waals surface area contributed by atoms with Crippen LogP contribution in [0.3, 0.4) is 0 Å². The summed E-state index contributed by atoms with van der Waals surface area (Å²) in [6.07, 6.45) is 4.79. The molecule has 1 fully saturated rings. The molecular formula is C27H30FNO4. The highest BCUT2D eigenvalue weighted by Crippen LogP contribution is 2.40. The third-order valence-corrected chi connectivity index (χ3v) is 6.34. The Morgan fingerprint density at radius 3 is 2.48 bits per heavy atom. The zero-order chi connectivity index (χ0) is 23.5. The number of hydrogen-bond acceptors (Lipinski definition) is 4. The number of ketones is 1. The van der Waals surface area contributed by atoms with Gasteiger partial charge in [0.1, 0.15) is 11.6 Å². The van der Waals surface area contributed by atoms with Crippen molar-refractivity contribution in [1.82, 2.24) is 4.90 Å². The summed E-state index contributed by atoms with van der Waals surface area (Å²) in [6, 6.07) is 10.7. The number of carbonyl (C=O) groups is 2. The maximum Gasteiger partial charge on any atom is 0.295 e. The number of amides is 1. The molecule has 5 nitrogen and oxygen atoms in total. The Morgan fingerprint density at radius 2 is 1.79 bits per heavy atom. The fourth-order valence-electron chi connectivity index (χ4n) is 4.69. The van der Waals surface area contributed by atoms with Crippen molar-refractivity contribution in [2.75, 3.05) is 13.2 Å². The van der Waals surface area contributed by atoms with E-state index in [2.05, 4.69) is 0 Å². The molecule has 1 aliphatic heterocycles. The van der Waals surface area contributed by atoms with Crippen molar-refractivity contribution < 1.29 is 23.8 Å². The van der Waals surface area contributed by atoms with Crippen molar-refractivity contribution in [3.8, 4) is 0 Å². The molecule has 1 unspecified atom stereocenters. The van der Waals surface area contributed by atoms with Crippen LogP contribution >= 0.6 is 0 Å². The molecule has 0 spiro atoms.